The van der Waals surface area contributed by atoms with E-state index in [9.17, 15) is 0 Å². The summed E-state index contributed by atoms with van der Waals surface area (Å²) in [4.78, 5) is 0. The molecule has 0 unspecified atom stereocenters. The minimum absolute atomic E-state index is 0.569. The lowest BCUT2D eigenvalue weighted by molar-refractivity contribution is 0.346. The van der Waals surface area contributed by atoms with Crippen LogP contribution in [-0.4, -0.2) is 20.3 Å². The highest BCUT2D eigenvalue weighted by molar-refractivity contribution is 6.24. The standard InChI is InChI=1S/C4H9BNO/c1-2-4-3-7-5-6-4/h4,6H,2-3H2,1H3/t4-/m1/s1. The van der Waals surface area contributed by atoms with Crippen LogP contribution < -0.4 is 5.23 Å². The zero-order chi connectivity index (χ0) is 5.11. The van der Waals surface area contributed by atoms with Crippen LogP contribution >= 0.6 is 0 Å². The fourth-order valence-corrected chi connectivity index (χ4v) is 0.592. The second-order valence-corrected chi connectivity index (χ2v) is 1.72. The first-order valence-electron chi connectivity index (χ1n) is 2.63. The van der Waals surface area contributed by atoms with E-state index in [-0.39, 0.29) is 0 Å². The summed E-state index contributed by atoms with van der Waals surface area (Å²) in [5.41, 5.74) is 0. The Balaban J connectivity index is 2.14. The molecule has 0 saturated carbocycles. The summed E-state index contributed by atoms with van der Waals surface area (Å²) < 4.78 is 4.91. The highest BCUT2D eigenvalue weighted by atomic mass is 16.4. The van der Waals surface area contributed by atoms with E-state index in [1.165, 1.54) is 0 Å². The van der Waals surface area contributed by atoms with Gasteiger partial charge in [-0.2, -0.15) is 0 Å². The summed E-state index contributed by atoms with van der Waals surface area (Å²) in [6, 6.07) is 0.569. The molecule has 1 saturated heterocycles. The molecule has 1 rings (SSSR count). The maximum Gasteiger partial charge on any atom is 0.396 e. The van der Waals surface area contributed by atoms with E-state index in [1.807, 2.05) is 0 Å². The van der Waals surface area contributed by atoms with Gasteiger partial charge in [-0.25, -0.2) is 0 Å². The SMILES string of the molecule is CC[C@@H]1CO[B]N1. The molecule has 7 heavy (non-hydrogen) atoms. The molecule has 0 aromatic carbocycles. The van der Waals surface area contributed by atoms with Gasteiger partial charge in [-0.05, 0) is 6.42 Å². The van der Waals surface area contributed by atoms with Gasteiger partial charge in [0.05, 0.1) is 0 Å². The topological polar surface area (TPSA) is 21.3 Å². The molecule has 1 atom stereocenters. The minimum atomic E-state index is 0.569. The zero-order valence-corrected chi connectivity index (χ0v) is 4.48. The molecular weight excluding hydrogens is 88.9 g/mol. The lowest BCUT2D eigenvalue weighted by Crippen LogP contribution is -2.23. The van der Waals surface area contributed by atoms with Crippen LogP contribution in [-0.2, 0) is 4.65 Å². The Morgan fingerprint density at radius 3 is 3.14 bits per heavy atom. The van der Waals surface area contributed by atoms with Crippen LogP contribution in [0.25, 0.3) is 0 Å². The molecular formula is C4H9BNO. The lowest BCUT2D eigenvalue weighted by Gasteiger charge is -2.00. The van der Waals surface area contributed by atoms with Crippen molar-refractivity contribution in [2.24, 2.45) is 0 Å². The summed E-state index contributed by atoms with van der Waals surface area (Å²) in [7, 11) is 1.66. The molecule has 2 nitrogen and oxygen atoms in total. The number of nitrogens with one attached hydrogen (secondary N) is 1. The van der Waals surface area contributed by atoms with Crippen molar-refractivity contribution in [3.05, 3.63) is 0 Å². The third-order valence-corrected chi connectivity index (χ3v) is 1.18. The van der Waals surface area contributed by atoms with Gasteiger partial charge in [0.1, 0.15) is 0 Å². The molecule has 1 fully saturated rings. The van der Waals surface area contributed by atoms with Gasteiger partial charge in [-0.1, -0.05) is 6.92 Å². The third-order valence-electron chi connectivity index (χ3n) is 1.18. The summed E-state index contributed by atoms with van der Waals surface area (Å²) >= 11 is 0. The van der Waals surface area contributed by atoms with Crippen LogP contribution in [0.4, 0.5) is 0 Å². The highest BCUT2D eigenvalue weighted by Crippen LogP contribution is 1.94. The monoisotopic (exact) mass is 98.1 g/mol. The van der Waals surface area contributed by atoms with E-state index < -0.39 is 0 Å². The van der Waals surface area contributed by atoms with Crippen molar-refractivity contribution in [2.45, 2.75) is 19.4 Å². The molecule has 1 aliphatic heterocycles. The summed E-state index contributed by atoms with van der Waals surface area (Å²) in [6.07, 6.45) is 1.15. The normalized spacial score (nSPS) is 30.1. The molecule has 0 bridgehead atoms. The Kier molecular flexibility index (Phi) is 1.71. The van der Waals surface area contributed by atoms with E-state index >= 15 is 0 Å². The maximum atomic E-state index is 4.91. The Morgan fingerprint density at radius 1 is 2.00 bits per heavy atom. The van der Waals surface area contributed by atoms with Gasteiger partial charge >= 0.3 is 7.62 Å². The predicted molar refractivity (Wildman–Crippen MR) is 28.9 cm³/mol. The molecule has 1 radical (unpaired) electrons. The molecule has 1 heterocycles. The van der Waals surface area contributed by atoms with Crippen LogP contribution in [0.5, 0.6) is 0 Å². The summed E-state index contributed by atoms with van der Waals surface area (Å²) in [5, 5.41) is 3.06. The molecule has 0 spiro atoms. The quantitative estimate of drug-likeness (QED) is 0.463. The second kappa shape index (κ2) is 2.33. The fraction of sp³-hybridized carbons (Fsp3) is 1.00. The second-order valence-electron chi connectivity index (χ2n) is 1.72. The van der Waals surface area contributed by atoms with Crippen LogP contribution in [0.2, 0.25) is 0 Å². The van der Waals surface area contributed by atoms with Crippen molar-refractivity contribution < 1.29 is 4.65 Å². The first-order valence-corrected chi connectivity index (χ1v) is 2.63. The van der Waals surface area contributed by atoms with E-state index in [0.29, 0.717) is 6.04 Å². The largest absolute Gasteiger partial charge is 0.423 e. The lowest BCUT2D eigenvalue weighted by atomic mass is 10.2. The Morgan fingerprint density at radius 2 is 2.86 bits per heavy atom. The van der Waals surface area contributed by atoms with Crippen LogP contribution in [0.3, 0.4) is 0 Å². The summed E-state index contributed by atoms with van der Waals surface area (Å²) in [5.74, 6) is 0. The van der Waals surface area contributed by atoms with Crippen molar-refractivity contribution >= 4 is 7.62 Å². The number of rotatable bonds is 1. The van der Waals surface area contributed by atoms with Gasteiger partial charge in [-0.15, -0.1) is 0 Å². The third kappa shape index (κ3) is 1.18. The van der Waals surface area contributed by atoms with Crippen molar-refractivity contribution in [2.75, 3.05) is 6.61 Å². The average molecular weight is 97.9 g/mol. The molecule has 0 aliphatic carbocycles. The molecule has 0 aromatic rings. The molecule has 1 aliphatic rings. The van der Waals surface area contributed by atoms with E-state index in [0.717, 1.165) is 13.0 Å². The Bertz CT molecular complexity index is 53.7. The number of hydrogen-bond donors (Lipinski definition) is 1. The summed E-state index contributed by atoms with van der Waals surface area (Å²) in [6.45, 7) is 2.98. The molecule has 1 N–H and O–H groups in total. The van der Waals surface area contributed by atoms with Gasteiger partial charge in [0.2, 0.25) is 0 Å². The van der Waals surface area contributed by atoms with Crippen molar-refractivity contribution in [1.82, 2.24) is 5.23 Å². The van der Waals surface area contributed by atoms with Gasteiger partial charge in [0, 0.05) is 12.6 Å². The molecule has 0 amide bonds. The first-order chi connectivity index (χ1) is 3.43. The van der Waals surface area contributed by atoms with Gasteiger partial charge < -0.3 is 9.88 Å². The predicted octanol–water partition coefficient (Wildman–Crippen LogP) is -0.0810. The van der Waals surface area contributed by atoms with E-state index in [4.69, 9.17) is 4.65 Å². The van der Waals surface area contributed by atoms with Gasteiger partial charge in [0.25, 0.3) is 0 Å². The smallest absolute Gasteiger partial charge is 0.396 e. The van der Waals surface area contributed by atoms with E-state index in [1.54, 1.807) is 7.62 Å². The van der Waals surface area contributed by atoms with Gasteiger partial charge in [0.15, 0.2) is 0 Å². The van der Waals surface area contributed by atoms with Crippen LogP contribution in [0.1, 0.15) is 13.3 Å². The maximum absolute atomic E-state index is 4.91. The highest BCUT2D eigenvalue weighted by Gasteiger charge is 2.12. The Labute approximate surface area is 44.5 Å². The van der Waals surface area contributed by atoms with Crippen LogP contribution in [0.15, 0.2) is 0 Å². The van der Waals surface area contributed by atoms with Crippen molar-refractivity contribution in [1.29, 1.82) is 0 Å². The average Bonchev–Trinajstić information content (AvgIpc) is 2.14. The zero-order valence-electron chi connectivity index (χ0n) is 4.48. The van der Waals surface area contributed by atoms with Crippen molar-refractivity contribution in [3.8, 4) is 0 Å². The minimum Gasteiger partial charge on any atom is -0.423 e. The van der Waals surface area contributed by atoms with E-state index in [2.05, 4.69) is 12.2 Å². The van der Waals surface area contributed by atoms with Gasteiger partial charge in [-0.3, -0.25) is 0 Å². The number of hydrogen-bond acceptors (Lipinski definition) is 2. The van der Waals surface area contributed by atoms with Crippen LogP contribution in [0, 0.1) is 0 Å². The fourth-order valence-electron chi connectivity index (χ4n) is 0.592. The molecule has 3 heteroatoms. The molecule has 39 valence electrons. The van der Waals surface area contributed by atoms with Crippen molar-refractivity contribution in [3.63, 3.8) is 0 Å². The Hall–Kier alpha value is -0.0151. The first kappa shape index (κ1) is 5.13. The molecule has 0 aromatic heterocycles.